The highest BCUT2D eigenvalue weighted by Gasteiger charge is 2.12. The largest absolute Gasteiger partial charge is 0.387 e. The molecule has 0 saturated heterocycles. The van der Waals surface area contributed by atoms with E-state index in [1.807, 2.05) is 12.1 Å². The normalized spacial score (nSPS) is 12.3. The Hall–Kier alpha value is -1.24. The van der Waals surface area contributed by atoms with Crippen molar-refractivity contribution < 1.29 is 10.0 Å². The van der Waals surface area contributed by atoms with Gasteiger partial charge in [0.2, 0.25) is 0 Å². The molecule has 1 unspecified atom stereocenters. The molecule has 18 heavy (non-hydrogen) atoms. The molecule has 0 spiro atoms. The molecule has 1 N–H and O–H groups in total. The van der Waals surface area contributed by atoms with E-state index >= 15 is 0 Å². The molecule has 1 heterocycles. The highest BCUT2D eigenvalue weighted by Crippen LogP contribution is 2.29. The minimum Gasteiger partial charge on any atom is -0.387 e. The summed E-state index contributed by atoms with van der Waals surface area (Å²) in [6, 6.07) is 10.00. The van der Waals surface area contributed by atoms with Crippen LogP contribution in [0.1, 0.15) is 16.5 Å². The highest BCUT2D eigenvalue weighted by atomic mass is 79.9. The highest BCUT2D eigenvalue weighted by molar-refractivity contribution is 9.11. The Morgan fingerprint density at radius 2 is 1.94 bits per heavy atom. The van der Waals surface area contributed by atoms with Gasteiger partial charge < -0.3 is 5.11 Å². The standard InChI is InChI=1S/C12H10BrNO3S/c13-12-6-5-11(18-12)10(15)7-8-1-3-9(4-2-8)14(16)17/h1-6,10,15H,7H2. The number of benzene rings is 1. The van der Waals surface area contributed by atoms with Crippen molar-refractivity contribution in [3.63, 3.8) is 0 Å². The van der Waals surface area contributed by atoms with Crippen molar-refractivity contribution in [2.45, 2.75) is 12.5 Å². The fraction of sp³-hybridized carbons (Fsp3) is 0.167. The van der Waals surface area contributed by atoms with Gasteiger partial charge in [0.25, 0.3) is 5.69 Å². The fourth-order valence-electron chi connectivity index (χ4n) is 1.58. The Kier molecular flexibility index (Phi) is 4.11. The maximum Gasteiger partial charge on any atom is 0.269 e. The average molecular weight is 328 g/mol. The van der Waals surface area contributed by atoms with Crippen LogP contribution in [-0.2, 0) is 6.42 Å². The van der Waals surface area contributed by atoms with Crippen LogP contribution in [0.2, 0.25) is 0 Å². The van der Waals surface area contributed by atoms with E-state index in [0.29, 0.717) is 6.42 Å². The average Bonchev–Trinajstić information content (AvgIpc) is 2.76. The predicted octanol–water partition coefficient (Wildman–Crippen LogP) is 3.69. The summed E-state index contributed by atoms with van der Waals surface area (Å²) in [5.41, 5.74) is 0.935. The summed E-state index contributed by atoms with van der Waals surface area (Å²) in [4.78, 5) is 11.0. The summed E-state index contributed by atoms with van der Waals surface area (Å²) in [6.07, 6.45) is -0.131. The molecule has 0 aliphatic heterocycles. The number of rotatable bonds is 4. The Morgan fingerprint density at radius 1 is 1.28 bits per heavy atom. The van der Waals surface area contributed by atoms with Crippen LogP contribution in [0.5, 0.6) is 0 Å². The second-order valence-corrected chi connectivity index (χ2v) is 6.28. The number of nitrogens with zero attached hydrogens (tertiary/aromatic N) is 1. The molecule has 2 rings (SSSR count). The number of aliphatic hydroxyl groups is 1. The summed E-state index contributed by atoms with van der Waals surface area (Å²) in [6.45, 7) is 0. The zero-order chi connectivity index (χ0) is 13.1. The number of nitro groups is 1. The maximum atomic E-state index is 10.5. The molecule has 0 aliphatic carbocycles. The van der Waals surface area contributed by atoms with Gasteiger partial charge in [0.15, 0.2) is 0 Å². The van der Waals surface area contributed by atoms with Gasteiger partial charge in [-0.15, -0.1) is 11.3 Å². The molecule has 1 aromatic carbocycles. The molecule has 0 amide bonds. The summed E-state index contributed by atoms with van der Waals surface area (Å²) >= 11 is 4.83. The first-order chi connectivity index (χ1) is 8.56. The molecular formula is C12H10BrNO3S. The lowest BCUT2D eigenvalue weighted by Crippen LogP contribution is -1.99. The number of aliphatic hydroxyl groups excluding tert-OH is 1. The summed E-state index contributed by atoms with van der Waals surface area (Å²) in [5.74, 6) is 0. The van der Waals surface area contributed by atoms with Gasteiger partial charge in [-0.1, -0.05) is 12.1 Å². The Balaban J connectivity index is 2.07. The minimum atomic E-state index is -0.581. The van der Waals surface area contributed by atoms with Crippen molar-refractivity contribution in [1.29, 1.82) is 0 Å². The van der Waals surface area contributed by atoms with Crippen molar-refractivity contribution in [3.8, 4) is 0 Å². The van der Waals surface area contributed by atoms with Gasteiger partial charge in [-0.2, -0.15) is 0 Å². The first-order valence-corrected chi connectivity index (χ1v) is 6.84. The van der Waals surface area contributed by atoms with E-state index in [-0.39, 0.29) is 5.69 Å². The van der Waals surface area contributed by atoms with Gasteiger partial charge in [0.05, 0.1) is 14.8 Å². The predicted molar refractivity (Wildman–Crippen MR) is 73.8 cm³/mol. The van der Waals surface area contributed by atoms with Crippen molar-refractivity contribution in [3.05, 3.63) is 60.7 Å². The maximum absolute atomic E-state index is 10.5. The molecule has 0 bridgehead atoms. The van der Waals surface area contributed by atoms with Gasteiger partial charge in [0, 0.05) is 23.4 Å². The Morgan fingerprint density at radius 3 is 2.44 bits per heavy atom. The molecule has 0 fully saturated rings. The number of non-ortho nitro benzene ring substituents is 1. The third-order valence-corrected chi connectivity index (χ3v) is 4.22. The topological polar surface area (TPSA) is 63.4 Å². The van der Waals surface area contributed by atoms with Crippen LogP contribution in [0, 0.1) is 10.1 Å². The molecule has 0 radical (unpaired) electrons. The van der Waals surface area contributed by atoms with Gasteiger partial charge in [0.1, 0.15) is 0 Å². The smallest absolute Gasteiger partial charge is 0.269 e. The van der Waals surface area contributed by atoms with Crippen LogP contribution in [0.4, 0.5) is 5.69 Å². The van der Waals surface area contributed by atoms with Crippen LogP contribution in [0.15, 0.2) is 40.2 Å². The van der Waals surface area contributed by atoms with Gasteiger partial charge in [-0.05, 0) is 33.6 Å². The van der Waals surface area contributed by atoms with Crippen LogP contribution in [0.3, 0.4) is 0 Å². The molecule has 0 saturated carbocycles. The lowest BCUT2D eigenvalue weighted by Gasteiger charge is -2.08. The molecular weight excluding hydrogens is 318 g/mol. The van der Waals surface area contributed by atoms with Crippen molar-refractivity contribution in [2.75, 3.05) is 0 Å². The molecule has 4 nitrogen and oxygen atoms in total. The van der Waals surface area contributed by atoms with Gasteiger partial charge >= 0.3 is 0 Å². The van der Waals surface area contributed by atoms with E-state index in [9.17, 15) is 15.2 Å². The lowest BCUT2D eigenvalue weighted by molar-refractivity contribution is -0.384. The summed E-state index contributed by atoms with van der Waals surface area (Å²) in [7, 11) is 0. The van der Waals surface area contributed by atoms with Crippen molar-refractivity contribution in [2.24, 2.45) is 0 Å². The van der Waals surface area contributed by atoms with Crippen molar-refractivity contribution >= 4 is 33.0 Å². The van der Waals surface area contributed by atoms with E-state index in [2.05, 4.69) is 15.9 Å². The monoisotopic (exact) mass is 327 g/mol. The number of nitro benzene ring substituents is 1. The van der Waals surface area contributed by atoms with Gasteiger partial charge in [-0.3, -0.25) is 10.1 Å². The molecule has 1 atom stereocenters. The minimum absolute atomic E-state index is 0.0621. The number of hydrogen-bond acceptors (Lipinski definition) is 4. The number of thiophene rings is 1. The summed E-state index contributed by atoms with van der Waals surface area (Å²) in [5, 5.41) is 20.5. The van der Waals surface area contributed by atoms with E-state index < -0.39 is 11.0 Å². The zero-order valence-corrected chi connectivity index (χ0v) is 11.6. The fourth-order valence-corrected chi connectivity index (χ4v) is 2.99. The lowest BCUT2D eigenvalue weighted by atomic mass is 10.1. The SMILES string of the molecule is O=[N+]([O-])c1ccc(CC(O)c2ccc(Br)s2)cc1. The summed E-state index contributed by atoms with van der Waals surface area (Å²) < 4.78 is 0.972. The molecule has 6 heteroatoms. The van der Waals surface area contributed by atoms with Crippen LogP contribution in [-0.4, -0.2) is 10.0 Å². The Labute approximate surface area is 116 Å². The zero-order valence-electron chi connectivity index (χ0n) is 9.25. The molecule has 2 aromatic rings. The number of hydrogen-bond donors (Lipinski definition) is 1. The van der Waals surface area contributed by atoms with Crippen LogP contribution < -0.4 is 0 Å². The molecule has 0 aliphatic rings. The molecule has 1 aromatic heterocycles. The first kappa shape index (κ1) is 13.2. The first-order valence-electron chi connectivity index (χ1n) is 5.23. The second-order valence-electron chi connectivity index (χ2n) is 3.79. The molecule has 94 valence electrons. The third-order valence-electron chi connectivity index (χ3n) is 2.50. The van der Waals surface area contributed by atoms with Crippen LogP contribution in [0.25, 0.3) is 0 Å². The Bertz CT molecular complexity index is 553. The van der Waals surface area contributed by atoms with Crippen molar-refractivity contribution in [1.82, 2.24) is 0 Å². The number of halogens is 1. The van der Waals surface area contributed by atoms with E-state index in [0.717, 1.165) is 14.2 Å². The van der Waals surface area contributed by atoms with E-state index in [1.54, 1.807) is 12.1 Å². The third kappa shape index (κ3) is 3.16. The van der Waals surface area contributed by atoms with E-state index in [4.69, 9.17) is 0 Å². The van der Waals surface area contributed by atoms with Crippen LogP contribution >= 0.6 is 27.3 Å². The van der Waals surface area contributed by atoms with E-state index in [1.165, 1.54) is 23.5 Å². The van der Waals surface area contributed by atoms with Gasteiger partial charge in [-0.25, -0.2) is 0 Å². The second kappa shape index (κ2) is 5.60. The quantitative estimate of drug-likeness (QED) is 0.688.